The van der Waals surface area contributed by atoms with Crippen LogP contribution in [0.15, 0.2) is 0 Å². The summed E-state index contributed by atoms with van der Waals surface area (Å²) in [6, 6.07) is -2.44. The summed E-state index contributed by atoms with van der Waals surface area (Å²) in [6.45, 7) is -0.373. The maximum Gasteiger partial charge on any atom is 0.326 e. The summed E-state index contributed by atoms with van der Waals surface area (Å²) in [5, 5.41) is 19.1. The zero-order valence-electron chi connectivity index (χ0n) is 9.87. The maximum absolute atomic E-state index is 11.4. The second kappa shape index (κ2) is 7.09. The molecule has 0 heterocycles. The minimum atomic E-state index is -1.56. The van der Waals surface area contributed by atoms with Crippen LogP contribution in [0.1, 0.15) is 6.42 Å². The van der Waals surface area contributed by atoms with Crippen LogP contribution in [0, 0.1) is 0 Å². The van der Waals surface area contributed by atoms with Crippen molar-refractivity contribution in [1.29, 1.82) is 0 Å². The average Bonchev–Trinajstić information content (AvgIpc) is 2.26. The molecule has 0 saturated carbocycles. The van der Waals surface area contributed by atoms with Crippen molar-refractivity contribution in [3.05, 3.63) is 0 Å². The van der Waals surface area contributed by atoms with E-state index in [0.717, 1.165) is 12.0 Å². The highest BCUT2D eigenvalue weighted by Gasteiger charge is 2.25. The van der Waals surface area contributed by atoms with Crippen molar-refractivity contribution >= 4 is 23.9 Å². The van der Waals surface area contributed by atoms with E-state index < -0.39 is 36.4 Å². The molecule has 102 valence electrons. The Labute approximate surface area is 102 Å². The molecule has 9 nitrogen and oxygen atoms in total. The summed E-state index contributed by atoms with van der Waals surface area (Å²) in [4.78, 5) is 44.3. The molecule has 0 saturated heterocycles. The Balaban J connectivity index is 4.45. The van der Waals surface area contributed by atoms with Gasteiger partial charge in [-0.2, -0.15) is 0 Å². The fraction of sp³-hybridized carbons (Fsp3) is 0.556. The van der Waals surface area contributed by atoms with Crippen LogP contribution in [0.3, 0.4) is 0 Å². The fourth-order valence-corrected chi connectivity index (χ4v) is 0.964. The second-order valence-corrected chi connectivity index (χ2v) is 3.37. The Bertz CT molecular complexity index is 355. The number of aliphatic carboxylic acids is 2. The predicted octanol–water partition coefficient (Wildman–Crippen LogP) is -1.27. The number of rotatable bonds is 6. The Morgan fingerprint density at radius 1 is 1.28 bits per heavy atom. The number of likely N-dealkylation sites (N-methyl/N-ethyl adjacent to an activating group) is 1. The van der Waals surface area contributed by atoms with Gasteiger partial charge in [0.25, 0.3) is 0 Å². The topological polar surface area (TPSA) is 133 Å². The van der Waals surface area contributed by atoms with E-state index in [2.05, 4.69) is 4.74 Å². The van der Waals surface area contributed by atoms with E-state index in [4.69, 9.17) is 10.2 Å². The minimum absolute atomic E-state index is 0.373. The van der Waals surface area contributed by atoms with Crippen LogP contribution in [0.4, 0.5) is 4.79 Å². The molecule has 0 aromatic heterocycles. The van der Waals surface area contributed by atoms with Crippen molar-refractivity contribution in [3.63, 3.8) is 0 Å². The van der Waals surface area contributed by atoms with Crippen molar-refractivity contribution in [2.24, 2.45) is 0 Å². The van der Waals surface area contributed by atoms with Crippen LogP contribution in [-0.4, -0.2) is 65.8 Å². The molecule has 0 fully saturated rings. The number of methoxy groups -OCH3 is 1. The van der Waals surface area contributed by atoms with E-state index in [-0.39, 0.29) is 6.54 Å². The number of carbonyl (C=O) groups is 4. The van der Waals surface area contributed by atoms with Crippen LogP contribution >= 0.6 is 0 Å². The second-order valence-electron chi connectivity index (χ2n) is 3.37. The summed E-state index contributed by atoms with van der Waals surface area (Å²) in [5.74, 6) is -3.52. The number of nitrogens with zero attached hydrogens (tertiary/aromatic N) is 1. The molecule has 9 heteroatoms. The van der Waals surface area contributed by atoms with Gasteiger partial charge in [-0.25, -0.2) is 9.59 Å². The van der Waals surface area contributed by atoms with Gasteiger partial charge in [-0.15, -0.1) is 0 Å². The molecule has 18 heavy (non-hydrogen) atoms. The van der Waals surface area contributed by atoms with Gasteiger partial charge < -0.3 is 25.2 Å². The Hall–Kier alpha value is -2.32. The highest BCUT2D eigenvalue weighted by atomic mass is 16.5. The van der Waals surface area contributed by atoms with E-state index in [1.807, 2.05) is 5.32 Å². The van der Waals surface area contributed by atoms with Gasteiger partial charge in [0.15, 0.2) is 0 Å². The van der Waals surface area contributed by atoms with E-state index in [1.54, 1.807) is 0 Å². The molecule has 0 bridgehead atoms. The molecule has 0 rings (SSSR count). The molecule has 3 N–H and O–H groups in total. The van der Waals surface area contributed by atoms with Crippen LogP contribution in [0.25, 0.3) is 0 Å². The standard InChI is InChI=1S/C9H14N2O7/c1-11(4-7(14)18-2)9(17)10-5(8(15)16)3-6(12)13/h5H,3-4H2,1-2H3,(H,10,17)(H,12,13)(H,15,16)/t5-/m0/s1. The SMILES string of the molecule is COC(=O)CN(C)C(=O)N[C@@H](CC(=O)O)C(=O)O. The summed E-state index contributed by atoms with van der Waals surface area (Å²) in [6.07, 6.45) is -0.757. The number of hydrogen-bond acceptors (Lipinski definition) is 5. The van der Waals surface area contributed by atoms with E-state index in [0.29, 0.717) is 0 Å². The third-order valence-corrected chi connectivity index (χ3v) is 1.92. The summed E-state index contributed by atoms with van der Waals surface area (Å²) < 4.78 is 4.32. The van der Waals surface area contributed by atoms with Crippen LogP contribution < -0.4 is 5.32 Å². The van der Waals surface area contributed by atoms with Gasteiger partial charge in [0.2, 0.25) is 0 Å². The van der Waals surface area contributed by atoms with Gasteiger partial charge >= 0.3 is 23.9 Å². The first-order valence-corrected chi connectivity index (χ1v) is 4.81. The molecule has 0 aromatic carbocycles. The predicted molar refractivity (Wildman–Crippen MR) is 56.9 cm³/mol. The highest BCUT2D eigenvalue weighted by molar-refractivity contribution is 5.87. The first-order chi connectivity index (χ1) is 8.27. The summed E-state index contributed by atoms with van der Waals surface area (Å²) in [5.41, 5.74) is 0. The molecule has 0 aliphatic carbocycles. The van der Waals surface area contributed by atoms with Crippen LogP contribution in [0.5, 0.6) is 0 Å². The van der Waals surface area contributed by atoms with Crippen LogP contribution in [0.2, 0.25) is 0 Å². The zero-order chi connectivity index (χ0) is 14.3. The largest absolute Gasteiger partial charge is 0.481 e. The number of carbonyl (C=O) groups excluding carboxylic acids is 2. The molecule has 0 spiro atoms. The van der Waals surface area contributed by atoms with Gasteiger partial charge in [-0.3, -0.25) is 9.59 Å². The maximum atomic E-state index is 11.4. The van der Waals surface area contributed by atoms with E-state index >= 15 is 0 Å². The minimum Gasteiger partial charge on any atom is -0.481 e. The van der Waals surface area contributed by atoms with Gasteiger partial charge in [0.1, 0.15) is 12.6 Å². The lowest BCUT2D eigenvalue weighted by Gasteiger charge is -2.19. The van der Waals surface area contributed by atoms with E-state index in [1.165, 1.54) is 7.05 Å². The van der Waals surface area contributed by atoms with Gasteiger partial charge in [0, 0.05) is 7.05 Å². The number of carboxylic acids is 2. The number of nitrogens with one attached hydrogen (secondary N) is 1. The monoisotopic (exact) mass is 262 g/mol. The van der Waals surface area contributed by atoms with Crippen molar-refractivity contribution in [2.75, 3.05) is 20.7 Å². The van der Waals surface area contributed by atoms with Crippen molar-refractivity contribution < 1.29 is 34.1 Å². The van der Waals surface area contributed by atoms with Gasteiger partial charge in [0.05, 0.1) is 13.5 Å². The lowest BCUT2D eigenvalue weighted by atomic mass is 10.2. The molecular formula is C9H14N2O7. The smallest absolute Gasteiger partial charge is 0.326 e. The molecule has 0 radical (unpaired) electrons. The molecule has 1 atom stereocenters. The first-order valence-electron chi connectivity index (χ1n) is 4.81. The molecule has 0 unspecified atom stereocenters. The molecule has 2 amide bonds. The average molecular weight is 262 g/mol. The first kappa shape index (κ1) is 15.7. The van der Waals surface area contributed by atoms with E-state index in [9.17, 15) is 19.2 Å². The van der Waals surface area contributed by atoms with Crippen LogP contribution in [-0.2, 0) is 19.1 Å². The number of carboxylic acid groups (broad SMARTS) is 2. The highest BCUT2D eigenvalue weighted by Crippen LogP contribution is 1.95. The third-order valence-electron chi connectivity index (χ3n) is 1.92. The number of urea groups is 1. The molecule has 0 aromatic rings. The third kappa shape index (κ3) is 5.68. The summed E-state index contributed by atoms with van der Waals surface area (Å²) in [7, 11) is 2.38. The zero-order valence-corrected chi connectivity index (χ0v) is 9.87. The number of amides is 2. The lowest BCUT2D eigenvalue weighted by Crippen LogP contribution is -2.48. The van der Waals surface area contributed by atoms with Gasteiger partial charge in [-0.1, -0.05) is 0 Å². The van der Waals surface area contributed by atoms with Crippen molar-refractivity contribution in [3.8, 4) is 0 Å². The van der Waals surface area contributed by atoms with Crippen molar-refractivity contribution in [2.45, 2.75) is 12.5 Å². The Morgan fingerprint density at radius 3 is 2.22 bits per heavy atom. The fourth-order valence-electron chi connectivity index (χ4n) is 0.964. The van der Waals surface area contributed by atoms with Gasteiger partial charge in [-0.05, 0) is 0 Å². The summed E-state index contributed by atoms with van der Waals surface area (Å²) >= 11 is 0. The lowest BCUT2D eigenvalue weighted by molar-refractivity contribution is -0.145. The Morgan fingerprint density at radius 2 is 1.83 bits per heavy atom. The molecular weight excluding hydrogens is 248 g/mol. The Kier molecular flexibility index (Phi) is 6.18. The number of esters is 1. The molecule has 0 aliphatic rings. The molecule has 0 aliphatic heterocycles. The quantitative estimate of drug-likeness (QED) is 0.508. The van der Waals surface area contributed by atoms with Crippen molar-refractivity contribution in [1.82, 2.24) is 10.2 Å². The normalized spacial score (nSPS) is 11.2. The number of ether oxygens (including phenoxy) is 1. The number of hydrogen-bond donors (Lipinski definition) is 3.